The van der Waals surface area contributed by atoms with Gasteiger partial charge in [-0.15, -0.1) is 0 Å². The minimum absolute atomic E-state index is 0.0818. The van der Waals surface area contributed by atoms with Crippen LogP contribution in [0.25, 0.3) is 0 Å². The van der Waals surface area contributed by atoms with E-state index in [4.69, 9.17) is 23.7 Å². The van der Waals surface area contributed by atoms with E-state index in [0.717, 1.165) is 19.3 Å². The fourth-order valence-electron chi connectivity index (χ4n) is 13.5. The SMILES string of the molecule is CC(=O)O[C@@H]1C[C@@]23C[C@@]24CC[C@H](O[C@@H]2OC[C@@H](O)[C@H](O)[C@H]2O)C(C)(C)[C@@H]4CC=C3[C@]2(C)[C@@H](O)[C@]34O[C@H](C[C@@H](C)C3C12C)[C@@H](C(C)(C)O)O4. The van der Waals surface area contributed by atoms with Crippen molar-refractivity contribution in [1.29, 1.82) is 0 Å². The Kier molecular flexibility index (Phi) is 7.10. The van der Waals surface area contributed by atoms with E-state index in [9.17, 15) is 30.3 Å². The van der Waals surface area contributed by atoms with Crippen molar-refractivity contribution in [2.75, 3.05) is 6.61 Å². The van der Waals surface area contributed by atoms with Crippen LogP contribution in [0, 0.1) is 44.8 Å². The van der Waals surface area contributed by atoms with E-state index in [1.165, 1.54) is 12.5 Å². The van der Waals surface area contributed by atoms with Gasteiger partial charge in [0.15, 0.2) is 12.1 Å². The molecule has 0 aromatic carbocycles. The Morgan fingerprint density at radius 1 is 1.04 bits per heavy atom. The van der Waals surface area contributed by atoms with Gasteiger partial charge >= 0.3 is 5.97 Å². The summed E-state index contributed by atoms with van der Waals surface area (Å²) in [6.07, 6.45) is -0.692. The van der Waals surface area contributed by atoms with Crippen molar-refractivity contribution in [3.63, 3.8) is 0 Å². The summed E-state index contributed by atoms with van der Waals surface area (Å²) in [5.41, 5.74) is -2.22. The lowest BCUT2D eigenvalue weighted by Crippen LogP contribution is -2.62. The summed E-state index contributed by atoms with van der Waals surface area (Å²) in [4.78, 5) is 12.9. The molecule has 3 heterocycles. The second kappa shape index (κ2) is 10.0. The molecule has 5 N–H and O–H groups in total. The van der Waals surface area contributed by atoms with E-state index in [2.05, 4.69) is 40.7 Å². The number of aliphatic hydroxyl groups is 5. The number of rotatable bonds is 4. The summed E-state index contributed by atoms with van der Waals surface area (Å²) in [6, 6.07) is 0. The molecular weight excluding hydrogens is 620 g/mol. The Balaban J connectivity index is 1.19. The quantitative estimate of drug-likeness (QED) is 0.220. The van der Waals surface area contributed by atoms with Crippen LogP contribution in [0.15, 0.2) is 11.6 Å². The fourth-order valence-corrected chi connectivity index (χ4v) is 13.5. The lowest BCUT2D eigenvalue weighted by Gasteiger charge is -2.62. The molecule has 0 aromatic rings. The third kappa shape index (κ3) is 3.84. The van der Waals surface area contributed by atoms with Gasteiger partial charge in [-0.05, 0) is 75.0 Å². The number of allylic oxidation sites excluding steroid dienone is 1. The molecule has 48 heavy (non-hydrogen) atoms. The molecule has 0 amide bonds. The average molecular weight is 677 g/mol. The van der Waals surface area contributed by atoms with E-state index < -0.39 is 65.1 Å². The normalized spacial score (nSPS) is 57.7. The van der Waals surface area contributed by atoms with Gasteiger partial charge in [-0.2, -0.15) is 0 Å². The first-order valence-electron chi connectivity index (χ1n) is 18.2. The van der Waals surface area contributed by atoms with E-state index in [0.29, 0.717) is 19.3 Å². The van der Waals surface area contributed by atoms with Crippen molar-refractivity contribution < 1.29 is 54.0 Å². The summed E-state index contributed by atoms with van der Waals surface area (Å²) in [7, 11) is 0. The molecule has 0 radical (unpaired) electrons. The summed E-state index contributed by atoms with van der Waals surface area (Å²) >= 11 is 0. The number of ether oxygens (including phenoxy) is 5. The Morgan fingerprint density at radius 3 is 2.42 bits per heavy atom. The molecule has 7 fully saturated rings. The van der Waals surface area contributed by atoms with Crippen LogP contribution in [0.3, 0.4) is 0 Å². The van der Waals surface area contributed by atoms with Crippen LogP contribution in [0.1, 0.15) is 93.9 Å². The van der Waals surface area contributed by atoms with Gasteiger partial charge in [0.1, 0.15) is 36.6 Å². The molecule has 3 aliphatic heterocycles. The maximum Gasteiger partial charge on any atom is 0.302 e. The summed E-state index contributed by atoms with van der Waals surface area (Å²) < 4.78 is 32.1. The molecule has 2 unspecified atom stereocenters. The number of hydrogen-bond donors (Lipinski definition) is 5. The Bertz CT molecular complexity index is 1410. The molecule has 17 atom stereocenters. The lowest BCUT2D eigenvalue weighted by atomic mass is 9.44. The van der Waals surface area contributed by atoms with Gasteiger partial charge in [-0.1, -0.05) is 46.3 Å². The number of aliphatic hydroxyl groups excluding tert-OH is 4. The molecule has 3 saturated heterocycles. The second-order valence-corrected chi connectivity index (χ2v) is 18.5. The summed E-state index contributed by atoms with van der Waals surface area (Å²) in [6.45, 7) is 15.8. The van der Waals surface area contributed by atoms with E-state index in [1.807, 2.05) is 0 Å². The van der Waals surface area contributed by atoms with Crippen LogP contribution in [-0.4, -0.2) is 105 Å². The highest BCUT2D eigenvalue weighted by Crippen LogP contribution is 2.89. The average Bonchev–Trinajstić information content (AvgIpc) is 3.48. The van der Waals surface area contributed by atoms with Crippen LogP contribution >= 0.6 is 0 Å². The number of hydrogen-bond acceptors (Lipinski definition) is 11. The second-order valence-electron chi connectivity index (χ2n) is 18.5. The topological polar surface area (TPSA) is 164 Å². The van der Waals surface area contributed by atoms with Crippen molar-refractivity contribution in [3.8, 4) is 0 Å². The molecule has 11 heteroatoms. The Morgan fingerprint density at radius 2 is 1.75 bits per heavy atom. The first-order valence-corrected chi connectivity index (χ1v) is 18.2. The van der Waals surface area contributed by atoms with Gasteiger partial charge in [0, 0.05) is 29.1 Å². The van der Waals surface area contributed by atoms with Gasteiger partial charge in [0.2, 0.25) is 0 Å². The molecule has 5 aliphatic carbocycles. The van der Waals surface area contributed by atoms with Gasteiger partial charge < -0.3 is 49.2 Å². The molecule has 11 nitrogen and oxygen atoms in total. The van der Waals surface area contributed by atoms with E-state index >= 15 is 0 Å². The molecule has 0 aromatic heterocycles. The smallest absolute Gasteiger partial charge is 0.302 e. The maximum atomic E-state index is 12.9. The highest BCUT2D eigenvalue weighted by atomic mass is 16.8. The van der Waals surface area contributed by atoms with E-state index in [1.54, 1.807) is 13.8 Å². The van der Waals surface area contributed by atoms with Gasteiger partial charge in [-0.25, -0.2) is 0 Å². The number of esters is 1. The van der Waals surface area contributed by atoms with Crippen LogP contribution in [0.2, 0.25) is 0 Å². The highest BCUT2D eigenvalue weighted by molar-refractivity contribution is 5.66. The van der Waals surface area contributed by atoms with Crippen molar-refractivity contribution in [1.82, 2.24) is 0 Å². The maximum absolute atomic E-state index is 12.9. The van der Waals surface area contributed by atoms with Crippen molar-refractivity contribution in [2.24, 2.45) is 44.8 Å². The Hall–Kier alpha value is -1.15. The summed E-state index contributed by atoms with van der Waals surface area (Å²) in [5, 5.41) is 54.9. The Labute approximate surface area is 283 Å². The molecule has 2 bridgehead atoms. The van der Waals surface area contributed by atoms with Crippen LogP contribution in [0.5, 0.6) is 0 Å². The molecule has 3 spiro atoms. The zero-order chi connectivity index (χ0) is 34.8. The predicted molar refractivity (Wildman–Crippen MR) is 170 cm³/mol. The molecule has 8 rings (SSSR count). The fraction of sp³-hybridized carbons (Fsp3) is 0.919. The van der Waals surface area contributed by atoms with Crippen molar-refractivity contribution in [2.45, 2.75) is 160 Å². The van der Waals surface area contributed by atoms with Gasteiger partial charge in [0.05, 0.1) is 24.4 Å². The highest BCUT2D eigenvalue weighted by Gasteiger charge is 2.89. The first-order chi connectivity index (χ1) is 22.2. The first kappa shape index (κ1) is 34.0. The van der Waals surface area contributed by atoms with Crippen molar-refractivity contribution >= 4 is 5.97 Å². The number of fused-ring (bicyclic) bond motifs is 4. The lowest BCUT2D eigenvalue weighted by molar-refractivity contribution is -0.301. The zero-order valence-corrected chi connectivity index (χ0v) is 29.6. The largest absolute Gasteiger partial charge is 0.462 e. The minimum Gasteiger partial charge on any atom is -0.462 e. The van der Waals surface area contributed by atoms with E-state index in [-0.39, 0.29) is 58.8 Å². The molecule has 4 saturated carbocycles. The van der Waals surface area contributed by atoms with Crippen molar-refractivity contribution in [3.05, 3.63) is 11.6 Å². The number of carbonyl (C=O) groups is 1. The standard InChI is InChI=1S/C37H56O11/c1-17-13-20-28(32(5,6)43)48-37(47-20)27(17)34(8)24(45-18(2)38)14-36-16-35(36)12-11-23(46-29-26(41)25(40)19(39)15-44-29)31(3,4)21(35)9-10-22(36)33(34,7)30(37)42/h10,17,19-21,23-30,39-43H,9,11-16H2,1-8H3/t17-,19-,20-,21+,23+,24-,25+,26-,27?,28+,29+,30-,33-,34?,35-,36+,37+/m1/s1. The van der Waals surface area contributed by atoms with Gasteiger partial charge in [-0.3, -0.25) is 4.79 Å². The van der Waals surface area contributed by atoms with Crippen LogP contribution < -0.4 is 0 Å². The predicted octanol–water partition coefficient (Wildman–Crippen LogP) is 2.58. The molecule has 270 valence electrons. The third-order valence-corrected chi connectivity index (χ3v) is 15.6. The number of carbonyl (C=O) groups excluding carboxylic acids is 1. The van der Waals surface area contributed by atoms with Crippen LogP contribution in [0.4, 0.5) is 0 Å². The monoisotopic (exact) mass is 676 g/mol. The summed E-state index contributed by atoms with van der Waals surface area (Å²) in [5.74, 6) is -1.68. The van der Waals surface area contributed by atoms with Crippen LogP contribution in [-0.2, 0) is 28.5 Å². The zero-order valence-electron chi connectivity index (χ0n) is 29.6. The molecule has 8 aliphatic rings. The molecular formula is C37H56O11. The third-order valence-electron chi connectivity index (χ3n) is 15.6. The minimum atomic E-state index is -1.35. The van der Waals surface area contributed by atoms with Gasteiger partial charge in [0.25, 0.3) is 0 Å².